The third kappa shape index (κ3) is 8.86. The van der Waals surface area contributed by atoms with Gasteiger partial charge in [0.25, 0.3) is 11.7 Å². The number of nitrogens with one attached hydrogen (secondary N) is 1. The van der Waals surface area contributed by atoms with Gasteiger partial charge in [-0.3, -0.25) is 24.2 Å². The summed E-state index contributed by atoms with van der Waals surface area (Å²) in [6.07, 6.45) is 2.13. The monoisotopic (exact) mass is 615 g/mol. The summed E-state index contributed by atoms with van der Waals surface area (Å²) in [7, 11) is 0. The van der Waals surface area contributed by atoms with E-state index < -0.39 is 29.4 Å². The summed E-state index contributed by atoms with van der Waals surface area (Å²) in [6, 6.07) is 23.7. The fourth-order valence-electron chi connectivity index (χ4n) is 3.82. The second-order valence-corrected chi connectivity index (χ2v) is 10.2. The van der Waals surface area contributed by atoms with Crippen molar-refractivity contribution in [1.29, 1.82) is 5.26 Å². The summed E-state index contributed by atoms with van der Waals surface area (Å²) in [4.78, 5) is 52.3. The minimum atomic E-state index is -1.62. The van der Waals surface area contributed by atoms with Gasteiger partial charge in [-0.05, 0) is 42.8 Å². The van der Waals surface area contributed by atoms with Gasteiger partial charge in [0, 0.05) is 37.7 Å². The van der Waals surface area contributed by atoms with Crippen LogP contribution < -0.4 is 5.32 Å². The van der Waals surface area contributed by atoms with Crippen LogP contribution in [0.4, 0.5) is 5.69 Å². The lowest BCUT2D eigenvalue weighted by molar-refractivity contribution is -0.236. The third-order valence-electron chi connectivity index (χ3n) is 5.99. The number of ether oxygens (including phenoxy) is 2. The van der Waals surface area contributed by atoms with Gasteiger partial charge in [-0.15, -0.1) is 0 Å². The zero-order valence-electron chi connectivity index (χ0n) is 24.2. The Morgan fingerprint density at radius 2 is 1.59 bits per heavy atom. The van der Waals surface area contributed by atoms with Gasteiger partial charge in [-0.1, -0.05) is 61.0 Å². The van der Waals surface area contributed by atoms with Crippen molar-refractivity contribution < 1.29 is 33.8 Å². The number of aliphatic hydroxyl groups is 1. The number of amides is 1. The molecule has 1 aliphatic heterocycles. The van der Waals surface area contributed by atoms with Crippen molar-refractivity contribution in [2.24, 2.45) is 10.9 Å². The van der Waals surface area contributed by atoms with Crippen LogP contribution in [0, 0.1) is 17.2 Å². The maximum Gasteiger partial charge on any atom is 0.331 e. The first-order valence-electron chi connectivity index (χ1n) is 13.5. The van der Waals surface area contributed by atoms with E-state index in [4.69, 9.17) is 26.3 Å². The van der Waals surface area contributed by atoms with Crippen LogP contribution in [-0.4, -0.2) is 47.3 Å². The molecule has 44 heavy (non-hydrogen) atoms. The highest BCUT2D eigenvalue weighted by Gasteiger charge is 2.47. The van der Waals surface area contributed by atoms with Gasteiger partial charge >= 0.3 is 11.9 Å². The predicted octanol–water partition coefficient (Wildman–Crippen LogP) is 5.73. The van der Waals surface area contributed by atoms with Gasteiger partial charge in [0.15, 0.2) is 5.78 Å². The highest BCUT2D eigenvalue weighted by Crippen LogP contribution is 2.27. The van der Waals surface area contributed by atoms with Crippen LogP contribution in [0.25, 0.3) is 5.76 Å². The quantitative estimate of drug-likeness (QED) is 0.0812. The number of hydrogen-bond acceptors (Lipinski definition) is 9. The molecule has 2 N–H and O–H groups in total. The number of nitriles is 1. The number of nitrogens with zero attached hydrogens (tertiary/aromatic N) is 2. The second kappa shape index (κ2) is 15.3. The first-order chi connectivity index (χ1) is 21.0. The van der Waals surface area contributed by atoms with E-state index in [0.29, 0.717) is 23.4 Å². The van der Waals surface area contributed by atoms with Gasteiger partial charge in [0.1, 0.15) is 5.76 Å². The Bertz CT molecular complexity index is 1610. The van der Waals surface area contributed by atoms with E-state index in [2.05, 4.69) is 10.3 Å². The van der Waals surface area contributed by atoms with Crippen LogP contribution in [0.15, 0.2) is 89.4 Å². The first-order valence-corrected chi connectivity index (χ1v) is 13.9. The number of carbonyl (C=O) groups is 4. The van der Waals surface area contributed by atoms with E-state index in [9.17, 15) is 24.3 Å². The van der Waals surface area contributed by atoms with Crippen molar-refractivity contribution in [2.45, 2.75) is 33.0 Å². The molecule has 3 aromatic carbocycles. The molecule has 0 spiro atoms. The van der Waals surface area contributed by atoms with Gasteiger partial charge in [-0.2, -0.15) is 5.26 Å². The molecule has 0 aromatic heterocycles. The third-order valence-corrected chi connectivity index (χ3v) is 6.32. The lowest BCUT2D eigenvalue weighted by Crippen LogP contribution is -2.49. The van der Waals surface area contributed by atoms with Crippen molar-refractivity contribution in [3.05, 3.63) is 106 Å². The summed E-state index contributed by atoms with van der Waals surface area (Å²) in [5, 5.41) is 22.2. The summed E-state index contributed by atoms with van der Waals surface area (Å²) < 4.78 is 9.79. The molecule has 1 aliphatic rings. The minimum absolute atomic E-state index is 0.0859. The van der Waals surface area contributed by atoms with Gasteiger partial charge < -0.3 is 19.9 Å². The number of ketones is 1. The second-order valence-electron chi connectivity index (χ2n) is 9.82. The van der Waals surface area contributed by atoms with Crippen LogP contribution >= 0.6 is 11.6 Å². The molecule has 3 aromatic rings. The number of rotatable bonds is 8. The Morgan fingerprint density at radius 3 is 2.16 bits per heavy atom. The lowest BCUT2D eigenvalue weighted by Gasteiger charge is -2.32. The smallest absolute Gasteiger partial charge is 0.331 e. The molecule has 1 fully saturated rings. The molecular formula is C33H30ClN3O7. The molecule has 11 heteroatoms. The Kier molecular flexibility index (Phi) is 11.5. The van der Waals surface area contributed by atoms with E-state index in [1.54, 1.807) is 60.7 Å². The standard InChI is InChI=1S/C20H19N3O2.C13H11ClO5/c1-2-12-22-20(25)18(19(24)16-6-4-3-5-7-16)14-23-17-10-8-15(13-21)9-11-17;1-13(2)18-11(16)9(12(17)19-13)10(15)7-5-3-4-6-8(7)14/h3-11,14,24H,2,12H2,1H3,(H,22,25);3-6,9H,1-2H3. The van der Waals surface area contributed by atoms with Crippen molar-refractivity contribution >= 4 is 52.9 Å². The Hall–Kier alpha value is -5.27. The predicted molar refractivity (Wildman–Crippen MR) is 164 cm³/mol. The minimum Gasteiger partial charge on any atom is -0.506 e. The van der Waals surface area contributed by atoms with Crippen molar-refractivity contribution in [3.63, 3.8) is 0 Å². The Labute approximate surface area is 259 Å². The number of halogens is 1. The average molecular weight is 616 g/mol. The number of cyclic esters (lactones) is 2. The molecule has 10 nitrogen and oxygen atoms in total. The number of esters is 2. The number of benzene rings is 3. The molecule has 0 radical (unpaired) electrons. The van der Waals surface area contributed by atoms with Gasteiger partial charge in [-0.25, -0.2) is 0 Å². The molecule has 0 unspecified atom stereocenters. The number of aliphatic imine (C=N–C) groups is 1. The topological polar surface area (TPSA) is 155 Å². The van der Waals surface area contributed by atoms with E-state index >= 15 is 0 Å². The van der Waals surface area contributed by atoms with E-state index in [-0.39, 0.29) is 27.8 Å². The van der Waals surface area contributed by atoms with E-state index in [1.807, 2.05) is 19.1 Å². The largest absolute Gasteiger partial charge is 0.506 e. The molecular weight excluding hydrogens is 586 g/mol. The molecule has 0 aliphatic carbocycles. The van der Waals surface area contributed by atoms with Crippen molar-refractivity contribution in [2.75, 3.05) is 6.54 Å². The van der Waals surface area contributed by atoms with E-state index in [0.717, 1.165) is 6.42 Å². The average Bonchev–Trinajstić information content (AvgIpc) is 3.00. The first kappa shape index (κ1) is 33.2. The van der Waals surface area contributed by atoms with Gasteiger partial charge in [0.05, 0.1) is 27.9 Å². The maximum absolute atomic E-state index is 12.4. The van der Waals surface area contributed by atoms with Gasteiger partial charge in [0.2, 0.25) is 5.92 Å². The lowest BCUT2D eigenvalue weighted by atomic mass is 9.96. The number of Topliss-reactive ketones (excluding diaryl/α,β-unsaturated/α-hetero) is 1. The zero-order chi connectivity index (χ0) is 32.3. The number of hydrogen-bond donors (Lipinski definition) is 2. The molecule has 0 bridgehead atoms. The summed E-state index contributed by atoms with van der Waals surface area (Å²) in [5.41, 5.74) is 1.82. The van der Waals surface area contributed by atoms with E-state index in [1.165, 1.54) is 32.2 Å². The Morgan fingerprint density at radius 1 is 1.00 bits per heavy atom. The van der Waals surface area contributed by atoms with Crippen LogP contribution in [0.1, 0.15) is 48.7 Å². The SMILES string of the molecule is CC1(C)OC(=O)C(C(=O)c2ccccc2Cl)C(=O)O1.CCCNC(=O)C(C=Nc1ccc(C#N)cc1)=C(O)c1ccccc1. The maximum atomic E-state index is 12.4. The highest BCUT2D eigenvalue weighted by molar-refractivity contribution is 6.35. The van der Waals surface area contributed by atoms with Crippen LogP contribution in [-0.2, 0) is 23.9 Å². The molecule has 0 atom stereocenters. The molecule has 4 rings (SSSR count). The molecule has 1 saturated heterocycles. The van der Waals surface area contributed by atoms with Crippen LogP contribution in [0.3, 0.4) is 0 Å². The fraction of sp³-hybridized carbons (Fsp3) is 0.212. The summed E-state index contributed by atoms with van der Waals surface area (Å²) in [5.74, 6) is -6.07. The van der Waals surface area contributed by atoms with Crippen molar-refractivity contribution in [1.82, 2.24) is 5.32 Å². The highest BCUT2D eigenvalue weighted by atomic mass is 35.5. The summed E-state index contributed by atoms with van der Waals surface area (Å²) >= 11 is 5.86. The molecule has 1 heterocycles. The molecule has 226 valence electrons. The van der Waals surface area contributed by atoms with Crippen LogP contribution in [0.5, 0.6) is 0 Å². The fourth-order valence-corrected chi connectivity index (χ4v) is 4.05. The number of carbonyl (C=O) groups excluding carboxylic acids is 4. The Balaban J connectivity index is 0.000000249. The van der Waals surface area contributed by atoms with Crippen molar-refractivity contribution in [3.8, 4) is 6.07 Å². The normalized spacial score (nSPS) is 14.7. The summed E-state index contributed by atoms with van der Waals surface area (Å²) in [6.45, 7) is 5.29. The molecule has 1 amide bonds. The number of aliphatic hydroxyl groups excluding tert-OH is 1. The molecule has 0 saturated carbocycles. The van der Waals surface area contributed by atoms with Crippen LogP contribution in [0.2, 0.25) is 5.02 Å². The zero-order valence-corrected chi connectivity index (χ0v) is 25.0.